The van der Waals surface area contributed by atoms with Crippen LogP contribution < -0.4 is 0 Å². The second-order valence-electron chi connectivity index (χ2n) is 8.57. The smallest absolute Gasteiger partial charge is 0.0891 e. The molecule has 1 unspecified atom stereocenters. The first-order valence-electron chi connectivity index (χ1n) is 11.3. The lowest BCUT2D eigenvalue weighted by atomic mass is 9.75. The summed E-state index contributed by atoms with van der Waals surface area (Å²) >= 11 is 0. The van der Waals surface area contributed by atoms with Gasteiger partial charge in [-0.3, -0.25) is 0 Å². The molecule has 1 saturated carbocycles. The van der Waals surface area contributed by atoms with Crippen molar-refractivity contribution in [1.29, 1.82) is 0 Å². The third-order valence-electron chi connectivity index (χ3n) is 6.23. The minimum absolute atomic E-state index is 0.0384. The molecule has 31 heavy (non-hydrogen) atoms. The maximum absolute atomic E-state index is 10.2. The van der Waals surface area contributed by atoms with Gasteiger partial charge in [0, 0.05) is 12.5 Å². The van der Waals surface area contributed by atoms with E-state index in [1.807, 2.05) is 36.4 Å². The van der Waals surface area contributed by atoms with Crippen LogP contribution in [0.25, 0.3) is 0 Å². The Morgan fingerprint density at radius 1 is 0.645 bits per heavy atom. The van der Waals surface area contributed by atoms with Crippen LogP contribution in [0.4, 0.5) is 0 Å². The molecule has 4 rings (SSSR count). The molecular formula is C28H32O3. The van der Waals surface area contributed by atoms with E-state index in [0.717, 1.165) is 30.4 Å². The van der Waals surface area contributed by atoms with Gasteiger partial charge in [0.05, 0.1) is 25.4 Å². The largest absolute Gasteiger partial charge is 0.396 e. The van der Waals surface area contributed by atoms with E-state index in [2.05, 4.69) is 54.6 Å². The van der Waals surface area contributed by atoms with Crippen LogP contribution >= 0.6 is 0 Å². The zero-order valence-electron chi connectivity index (χ0n) is 18.0. The average molecular weight is 417 g/mol. The Morgan fingerprint density at radius 2 is 1.16 bits per heavy atom. The van der Waals surface area contributed by atoms with E-state index in [-0.39, 0.29) is 24.7 Å². The Morgan fingerprint density at radius 3 is 1.71 bits per heavy atom. The Labute approximate surface area is 185 Å². The van der Waals surface area contributed by atoms with E-state index in [1.165, 1.54) is 5.56 Å². The van der Waals surface area contributed by atoms with Gasteiger partial charge in [-0.1, -0.05) is 91.0 Å². The van der Waals surface area contributed by atoms with Gasteiger partial charge in [-0.25, -0.2) is 0 Å². The normalized spacial score (nSPS) is 23.5. The molecule has 3 heteroatoms. The molecule has 1 fully saturated rings. The van der Waals surface area contributed by atoms with Crippen LogP contribution in [-0.2, 0) is 29.1 Å². The molecule has 0 spiro atoms. The Kier molecular flexibility index (Phi) is 7.89. The monoisotopic (exact) mass is 416 g/mol. The van der Waals surface area contributed by atoms with E-state index >= 15 is 0 Å². The Bertz CT molecular complexity index is 882. The van der Waals surface area contributed by atoms with Crippen LogP contribution in [0.5, 0.6) is 0 Å². The fraction of sp³-hybridized carbons (Fsp3) is 0.357. The van der Waals surface area contributed by atoms with Crippen molar-refractivity contribution in [3.63, 3.8) is 0 Å². The summed E-state index contributed by atoms with van der Waals surface area (Å²) in [6, 6.07) is 31.1. The summed E-state index contributed by atoms with van der Waals surface area (Å²) < 4.78 is 12.8. The van der Waals surface area contributed by atoms with Gasteiger partial charge in [0.2, 0.25) is 0 Å². The molecule has 0 aromatic heterocycles. The van der Waals surface area contributed by atoms with Crippen molar-refractivity contribution in [3.8, 4) is 0 Å². The second kappa shape index (κ2) is 11.2. The van der Waals surface area contributed by atoms with Gasteiger partial charge < -0.3 is 14.6 Å². The highest BCUT2D eigenvalue weighted by Crippen LogP contribution is 2.36. The van der Waals surface area contributed by atoms with Crippen molar-refractivity contribution >= 4 is 0 Å². The molecule has 1 aliphatic carbocycles. The van der Waals surface area contributed by atoms with Crippen LogP contribution in [0.1, 0.15) is 29.5 Å². The first-order valence-corrected chi connectivity index (χ1v) is 11.3. The second-order valence-corrected chi connectivity index (χ2v) is 8.57. The molecule has 1 N–H and O–H groups in total. The third kappa shape index (κ3) is 6.27. The van der Waals surface area contributed by atoms with Crippen molar-refractivity contribution in [2.45, 2.75) is 44.7 Å². The van der Waals surface area contributed by atoms with Gasteiger partial charge in [-0.15, -0.1) is 0 Å². The SMILES string of the molecule is OC[C@H]1CC(Cc2ccccc2)C[C@@H](OCc2ccccc2)[C@@H]1OCc1ccccc1. The first-order chi connectivity index (χ1) is 15.3. The molecule has 0 saturated heterocycles. The van der Waals surface area contributed by atoms with Crippen molar-refractivity contribution in [2.75, 3.05) is 6.61 Å². The lowest BCUT2D eigenvalue weighted by Gasteiger charge is -2.41. The predicted octanol–water partition coefficient (Wildman–Crippen LogP) is 5.42. The molecule has 3 nitrogen and oxygen atoms in total. The number of rotatable bonds is 9. The van der Waals surface area contributed by atoms with Crippen molar-refractivity contribution in [1.82, 2.24) is 0 Å². The number of hydrogen-bond acceptors (Lipinski definition) is 3. The molecular weight excluding hydrogens is 384 g/mol. The van der Waals surface area contributed by atoms with Gasteiger partial charge in [0.25, 0.3) is 0 Å². The van der Waals surface area contributed by atoms with E-state index in [9.17, 15) is 5.11 Å². The van der Waals surface area contributed by atoms with Gasteiger partial charge in [0.15, 0.2) is 0 Å². The van der Waals surface area contributed by atoms with Gasteiger partial charge in [0.1, 0.15) is 0 Å². The zero-order valence-corrected chi connectivity index (χ0v) is 18.0. The third-order valence-corrected chi connectivity index (χ3v) is 6.23. The summed E-state index contributed by atoms with van der Waals surface area (Å²) in [4.78, 5) is 0. The highest BCUT2D eigenvalue weighted by Gasteiger charge is 2.39. The fourth-order valence-corrected chi connectivity index (χ4v) is 4.67. The lowest BCUT2D eigenvalue weighted by Crippen LogP contribution is -2.46. The summed E-state index contributed by atoms with van der Waals surface area (Å²) in [6.45, 7) is 1.22. The van der Waals surface area contributed by atoms with Crippen molar-refractivity contribution < 1.29 is 14.6 Å². The van der Waals surface area contributed by atoms with Gasteiger partial charge in [-0.2, -0.15) is 0 Å². The molecule has 3 aromatic carbocycles. The minimum atomic E-state index is -0.110. The van der Waals surface area contributed by atoms with Crippen LogP contribution in [-0.4, -0.2) is 23.9 Å². The Hall–Kier alpha value is -2.46. The molecule has 3 aromatic rings. The summed E-state index contributed by atoms with van der Waals surface area (Å²) in [5.41, 5.74) is 3.65. The highest BCUT2D eigenvalue weighted by atomic mass is 16.5. The highest BCUT2D eigenvalue weighted by molar-refractivity contribution is 5.16. The zero-order chi connectivity index (χ0) is 21.3. The quantitative estimate of drug-likeness (QED) is 0.506. The molecule has 0 bridgehead atoms. The molecule has 162 valence electrons. The maximum atomic E-state index is 10.2. The van der Waals surface area contributed by atoms with Gasteiger partial charge in [-0.05, 0) is 41.9 Å². The molecule has 0 heterocycles. The number of aliphatic hydroxyl groups is 1. The first kappa shape index (κ1) is 21.8. The summed E-state index contributed by atoms with van der Waals surface area (Å²) in [6.07, 6.45) is 2.76. The van der Waals surface area contributed by atoms with Crippen LogP contribution in [0, 0.1) is 11.8 Å². The van der Waals surface area contributed by atoms with Crippen molar-refractivity contribution in [2.24, 2.45) is 11.8 Å². The van der Waals surface area contributed by atoms with Gasteiger partial charge >= 0.3 is 0 Å². The van der Waals surface area contributed by atoms with E-state index < -0.39 is 0 Å². The lowest BCUT2D eigenvalue weighted by molar-refractivity contribution is -0.146. The average Bonchev–Trinajstić information content (AvgIpc) is 2.83. The maximum Gasteiger partial charge on any atom is 0.0891 e. The molecule has 1 aliphatic rings. The van der Waals surface area contributed by atoms with Crippen molar-refractivity contribution in [3.05, 3.63) is 108 Å². The fourth-order valence-electron chi connectivity index (χ4n) is 4.67. The number of aliphatic hydroxyl groups excluding tert-OH is 1. The van der Waals surface area contributed by atoms with Crippen LogP contribution in [0.2, 0.25) is 0 Å². The molecule has 0 amide bonds. The van der Waals surface area contributed by atoms with Crippen LogP contribution in [0.15, 0.2) is 91.0 Å². The molecule has 0 aliphatic heterocycles. The standard InChI is InChI=1S/C28H32O3/c29-19-26-17-25(16-22-10-4-1-5-11-22)18-27(30-20-23-12-6-2-7-13-23)28(26)31-21-24-14-8-3-9-15-24/h1-15,25-29H,16-21H2/t25?,26-,27-,28-/m1/s1. The number of ether oxygens (including phenoxy) is 2. The minimum Gasteiger partial charge on any atom is -0.396 e. The van der Waals surface area contributed by atoms with E-state index in [4.69, 9.17) is 9.47 Å². The van der Waals surface area contributed by atoms with E-state index in [1.54, 1.807) is 0 Å². The Balaban J connectivity index is 1.47. The summed E-state index contributed by atoms with van der Waals surface area (Å²) in [5, 5.41) is 10.2. The molecule has 0 radical (unpaired) electrons. The topological polar surface area (TPSA) is 38.7 Å². The van der Waals surface area contributed by atoms with Crippen LogP contribution in [0.3, 0.4) is 0 Å². The number of benzene rings is 3. The summed E-state index contributed by atoms with van der Waals surface area (Å²) in [7, 11) is 0. The predicted molar refractivity (Wildman–Crippen MR) is 123 cm³/mol. The van der Waals surface area contributed by atoms with E-state index in [0.29, 0.717) is 19.1 Å². The molecule has 4 atom stereocenters. The summed E-state index contributed by atoms with van der Waals surface area (Å²) in [5.74, 6) is 0.545. The number of hydrogen-bond donors (Lipinski definition) is 1.